The van der Waals surface area contributed by atoms with Gasteiger partial charge in [0, 0.05) is 6.42 Å². The fourth-order valence-electron chi connectivity index (χ4n) is 1.36. The molecule has 1 rings (SSSR count). The molecule has 1 N–H and O–H groups in total. The van der Waals surface area contributed by atoms with E-state index in [0.29, 0.717) is 18.4 Å². The summed E-state index contributed by atoms with van der Waals surface area (Å²) >= 11 is 0. The number of benzene rings is 1. The van der Waals surface area contributed by atoms with E-state index in [1.807, 2.05) is 0 Å². The molecule has 0 aliphatic carbocycles. The van der Waals surface area contributed by atoms with E-state index in [0.717, 1.165) is 0 Å². The van der Waals surface area contributed by atoms with E-state index < -0.39 is 11.9 Å². The van der Waals surface area contributed by atoms with E-state index in [2.05, 4.69) is 5.92 Å². The van der Waals surface area contributed by atoms with Crippen LogP contribution in [0.25, 0.3) is 0 Å². The second kappa shape index (κ2) is 5.16. The highest BCUT2D eigenvalue weighted by molar-refractivity contribution is 5.76. The summed E-state index contributed by atoms with van der Waals surface area (Å²) in [5.74, 6) is 0.437. The topological polar surface area (TPSA) is 37.3 Å². The van der Waals surface area contributed by atoms with E-state index in [1.165, 1.54) is 24.3 Å². The molecule has 1 unspecified atom stereocenters. The smallest absolute Gasteiger partial charge is 0.311 e. The van der Waals surface area contributed by atoms with Crippen molar-refractivity contribution in [1.29, 1.82) is 0 Å². The lowest BCUT2D eigenvalue weighted by Crippen LogP contribution is -2.11. The van der Waals surface area contributed by atoms with Crippen LogP contribution in [-0.4, -0.2) is 11.1 Å². The molecule has 1 aromatic carbocycles. The molecule has 2 nitrogen and oxygen atoms in total. The van der Waals surface area contributed by atoms with Gasteiger partial charge in [0.25, 0.3) is 0 Å². The first kappa shape index (κ1) is 11.3. The summed E-state index contributed by atoms with van der Waals surface area (Å²) in [4.78, 5) is 10.9. The second-order valence-electron chi connectivity index (χ2n) is 3.19. The van der Waals surface area contributed by atoms with Gasteiger partial charge in [-0.1, -0.05) is 12.1 Å². The first-order chi connectivity index (χ1) is 7.15. The molecule has 1 atom stereocenters. The van der Waals surface area contributed by atoms with Crippen LogP contribution in [0.1, 0.15) is 24.3 Å². The first-order valence-electron chi connectivity index (χ1n) is 4.57. The van der Waals surface area contributed by atoms with Gasteiger partial charge in [0.15, 0.2) is 0 Å². The van der Waals surface area contributed by atoms with Crippen molar-refractivity contribution in [2.75, 3.05) is 0 Å². The lowest BCUT2D eigenvalue weighted by atomic mass is 9.94. The average Bonchev–Trinajstić information content (AvgIpc) is 2.21. The van der Waals surface area contributed by atoms with Crippen molar-refractivity contribution >= 4 is 5.97 Å². The lowest BCUT2D eigenvalue weighted by molar-refractivity contribution is -0.138. The molecular formula is C12H11FO2. The first-order valence-corrected chi connectivity index (χ1v) is 4.57. The van der Waals surface area contributed by atoms with Crippen molar-refractivity contribution in [1.82, 2.24) is 0 Å². The minimum Gasteiger partial charge on any atom is -0.481 e. The van der Waals surface area contributed by atoms with E-state index in [4.69, 9.17) is 11.5 Å². The lowest BCUT2D eigenvalue weighted by Gasteiger charge is -2.10. The van der Waals surface area contributed by atoms with E-state index in [9.17, 15) is 9.18 Å². The van der Waals surface area contributed by atoms with Gasteiger partial charge in [-0.15, -0.1) is 12.3 Å². The Kier molecular flexibility index (Phi) is 3.87. The molecule has 0 radical (unpaired) electrons. The van der Waals surface area contributed by atoms with Crippen molar-refractivity contribution in [2.24, 2.45) is 0 Å². The third-order valence-corrected chi connectivity index (χ3v) is 2.15. The van der Waals surface area contributed by atoms with Crippen LogP contribution in [0.4, 0.5) is 4.39 Å². The van der Waals surface area contributed by atoms with Gasteiger partial charge >= 0.3 is 5.97 Å². The molecule has 15 heavy (non-hydrogen) atoms. The van der Waals surface area contributed by atoms with Crippen molar-refractivity contribution in [3.63, 3.8) is 0 Å². The van der Waals surface area contributed by atoms with Crippen LogP contribution in [0, 0.1) is 18.2 Å². The van der Waals surface area contributed by atoms with Crippen molar-refractivity contribution in [3.8, 4) is 12.3 Å². The summed E-state index contributed by atoms with van der Waals surface area (Å²) in [7, 11) is 0. The van der Waals surface area contributed by atoms with Gasteiger partial charge in [-0.25, -0.2) is 4.39 Å². The average molecular weight is 206 g/mol. The summed E-state index contributed by atoms with van der Waals surface area (Å²) in [5.41, 5.74) is 0.583. The molecular weight excluding hydrogens is 195 g/mol. The molecule has 0 saturated heterocycles. The summed E-state index contributed by atoms with van der Waals surface area (Å²) in [6.07, 6.45) is 5.85. The van der Waals surface area contributed by atoms with Crippen LogP contribution in [0.3, 0.4) is 0 Å². The van der Waals surface area contributed by atoms with Crippen molar-refractivity contribution < 1.29 is 14.3 Å². The maximum Gasteiger partial charge on any atom is 0.311 e. The Balaban J connectivity index is 2.85. The quantitative estimate of drug-likeness (QED) is 0.768. The van der Waals surface area contributed by atoms with Gasteiger partial charge in [-0.05, 0) is 24.1 Å². The number of carboxylic acid groups (broad SMARTS) is 1. The van der Waals surface area contributed by atoms with Gasteiger partial charge in [0.1, 0.15) is 5.82 Å². The molecule has 0 bridgehead atoms. The minimum absolute atomic E-state index is 0.372. The third-order valence-electron chi connectivity index (χ3n) is 2.15. The number of hydrogen-bond acceptors (Lipinski definition) is 1. The number of hydrogen-bond donors (Lipinski definition) is 1. The van der Waals surface area contributed by atoms with Crippen LogP contribution in [0.15, 0.2) is 24.3 Å². The van der Waals surface area contributed by atoms with Crippen LogP contribution in [0.5, 0.6) is 0 Å². The monoisotopic (exact) mass is 206 g/mol. The molecule has 0 aliphatic rings. The summed E-state index contributed by atoms with van der Waals surface area (Å²) < 4.78 is 12.6. The normalized spacial score (nSPS) is 11.7. The zero-order chi connectivity index (χ0) is 11.3. The maximum absolute atomic E-state index is 12.6. The van der Waals surface area contributed by atoms with Crippen LogP contribution >= 0.6 is 0 Å². The zero-order valence-electron chi connectivity index (χ0n) is 8.11. The maximum atomic E-state index is 12.6. The Morgan fingerprint density at radius 2 is 2.07 bits per heavy atom. The zero-order valence-corrected chi connectivity index (χ0v) is 8.11. The Morgan fingerprint density at radius 1 is 1.47 bits per heavy atom. The van der Waals surface area contributed by atoms with Gasteiger partial charge in [-0.3, -0.25) is 4.79 Å². The molecule has 0 fully saturated rings. The van der Waals surface area contributed by atoms with Gasteiger partial charge < -0.3 is 5.11 Å². The Bertz CT molecular complexity index is 376. The summed E-state index contributed by atoms with van der Waals surface area (Å²) in [6, 6.07) is 5.46. The van der Waals surface area contributed by atoms with Gasteiger partial charge in [0.05, 0.1) is 5.92 Å². The minimum atomic E-state index is -0.933. The van der Waals surface area contributed by atoms with Crippen molar-refractivity contribution in [2.45, 2.75) is 18.8 Å². The van der Waals surface area contributed by atoms with E-state index in [-0.39, 0.29) is 5.82 Å². The number of carboxylic acids is 1. The highest BCUT2D eigenvalue weighted by atomic mass is 19.1. The molecule has 0 heterocycles. The Labute approximate surface area is 87.7 Å². The Hall–Kier alpha value is -1.82. The molecule has 0 saturated carbocycles. The molecule has 0 spiro atoms. The standard InChI is InChI=1S/C12H11FO2/c1-2-3-4-11(12(14)15)9-5-7-10(13)8-6-9/h1,5-8,11H,3-4H2,(H,14,15). The van der Waals surface area contributed by atoms with Crippen LogP contribution in [-0.2, 0) is 4.79 Å². The summed E-state index contributed by atoms with van der Waals surface area (Å²) in [6.45, 7) is 0. The van der Waals surface area contributed by atoms with Crippen LogP contribution < -0.4 is 0 Å². The van der Waals surface area contributed by atoms with E-state index in [1.54, 1.807) is 0 Å². The number of halogens is 1. The van der Waals surface area contributed by atoms with Crippen molar-refractivity contribution in [3.05, 3.63) is 35.6 Å². The number of terminal acetylenes is 1. The molecule has 0 aliphatic heterocycles. The number of carbonyl (C=O) groups is 1. The SMILES string of the molecule is C#CCCC(C(=O)O)c1ccc(F)cc1. The van der Waals surface area contributed by atoms with Gasteiger partial charge in [0.2, 0.25) is 0 Å². The third kappa shape index (κ3) is 3.10. The van der Waals surface area contributed by atoms with Gasteiger partial charge in [-0.2, -0.15) is 0 Å². The molecule has 1 aromatic rings. The number of rotatable bonds is 4. The highest BCUT2D eigenvalue weighted by Crippen LogP contribution is 2.21. The predicted molar refractivity (Wildman–Crippen MR) is 54.8 cm³/mol. The molecule has 0 amide bonds. The van der Waals surface area contributed by atoms with E-state index >= 15 is 0 Å². The predicted octanol–water partition coefficient (Wildman–Crippen LogP) is 2.41. The highest BCUT2D eigenvalue weighted by Gasteiger charge is 2.18. The fraction of sp³-hybridized carbons (Fsp3) is 0.250. The van der Waals surface area contributed by atoms with Crippen LogP contribution in [0.2, 0.25) is 0 Å². The summed E-state index contributed by atoms with van der Waals surface area (Å²) in [5, 5.41) is 8.96. The largest absolute Gasteiger partial charge is 0.481 e. The molecule has 78 valence electrons. The number of aliphatic carboxylic acids is 1. The molecule has 3 heteroatoms. The Morgan fingerprint density at radius 3 is 2.53 bits per heavy atom. The fourth-order valence-corrected chi connectivity index (χ4v) is 1.36. The molecule has 0 aromatic heterocycles. The second-order valence-corrected chi connectivity index (χ2v) is 3.19.